The summed E-state index contributed by atoms with van der Waals surface area (Å²) in [6.07, 6.45) is 1.24. The second kappa shape index (κ2) is 5.05. The molecule has 2 aromatic carbocycles. The van der Waals surface area contributed by atoms with Crippen LogP contribution in [0.15, 0.2) is 42.5 Å². The fourth-order valence-electron chi connectivity index (χ4n) is 4.35. The van der Waals surface area contributed by atoms with Gasteiger partial charge in [-0.3, -0.25) is 4.79 Å². The van der Waals surface area contributed by atoms with Gasteiger partial charge in [-0.15, -0.1) is 0 Å². The molecule has 0 radical (unpaired) electrons. The SMILES string of the molecule is O=C1OC[C@H]2C[C@@](O)(CO)C[C@]12Cc1ccc2ccccc2c1. The van der Waals surface area contributed by atoms with Crippen molar-refractivity contribution >= 4 is 16.7 Å². The van der Waals surface area contributed by atoms with Gasteiger partial charge in [0.1, 0.15) is 0 Å². The first-order valence-corrected chi connectivity index (χ1v) is 8.03. The first kappa shape index (κ1) is 14.7. The zero-order valence-electron chi connectivity index (χ0n) is 12.9. The van der Waals surface area contributed by atoms with Gasteiger partial charge in [0.25, 0.3) is 0 Å². The molecule has 2 aliphatic rings. The smallest absolute Gasteiger partial charge is 0.312 e. The van der Waals surface area contributed by atoms with Crippen LogP contribution in [0.3, 0.4) is 0 Å². The number of carbonyl (C=O) groups excluding carboxylic acids is 1. The number of benzene rings is 2. The zero-order valence-corrected chi connectivity index (χ0v) is 12.9. The maximum atomic E-state index is 12.4. The van der Waals surface area contributed by atoms with Crippen LogP contribution in [-0.2, 0) is 16.0 Å². The normalized spacial score (nSPS) is 33.0. The van der Waals surface area contributed by atoms with E-state index in [4.69, 9.17) is 4.74 Å². The molecule has 3 atom stereocenters. The molecule has 1 heterocycles. The average Bonchev–Trinajstić information content (AvgIpc) is 3.00. The Labute approximate surface area is 134 Å². The van der Waals surface area contributed by atoms with Crippen molar-refractivity contribution < 1.29 is 19.7 Å². The van der Waals surface area contributed by atoms with Crippen molar-refractivity contribution in [1.82, 2.24) is 0 Å². The first-order valence-electron chi connectivity index (χ1n) is 8.03. The zero-order chi connectivity index (χ0) is 16.1. The number of hydrogen-bond donors (Lipinski definition) is 2. The third-order valence-corrected chi connectivity index (χ3v) is 5.50. The minimum atomic E-state index is -1.17. The maximum absolute atomic E-state index is 12.4. The van der Waals surface area contributed by atoms with Gasteiger partial charge in [0.15, 0.2) is 0 Å². The van der Waals surface area contributed by atoms with Gasteiger partial charge >= 0.3 is 5.97 Å². The Bertz CT molecular complexity index is 771. The molecule has 2 fully saturated rings. The molecule has 2 N–H and O–H groups in total. The number of rotatable bonds is 3. The predicted octanol–water partition coefficient (Wildman–Crippen LogP) is 2.06. The number of cyclic esters (lactones) is 1. The highest BCUT2D eigenvalue weighted by Crippen LogP contribution is 2.54. The third-order valence-electron chi connectivity index (χ3n) is 5.50. The summed E-state index contributed by atoms with van der Waals surface area (Å²) >= 11 is 0. The lowest BCUT2D eigenvalue weighted by molar-refractivity contribution is -0.148. The molecule has 1 aliphatic carbocycles. The van der Waals surface area contributed by atoms with E-state index in [0.29, 0.717) is 19.4 Å². The first-order chi connectivity index (χ1) is 11.0. The number of esters is 1. The number of aliphatic hydroxyl groups is 2. The molecule has 0 aromatic heterocycles. The van der Waals surface area contributed by atoms with E-state index in [9.17, 15) is 15.0 Å². The van der Waals surface area contributed by atoms with Gasteiger partial charge in [0, 0.05) is 5.92 Å². The van der Waals surface area contributed by atoms with Gasteiger partial charge in [-0.05, 0) is 35.6 Å². The van der Waals surface area contributed by atoms with E-state index in [0.717, 1.165) is 16.3 Å². The van der Waals surface area contributed by atoms with Crippen LogP contribution in [0.1, 0.15) is 18.4 Å². The van der Waals surface area contributed by atoms with Crippen LogP contribution >= 0.6 is 0 Å². The Morgan fingerprint density at radius 3 is 2.74 bits per heavy atom. The minimum absolute atomic E-state index is 0.0291. The van der Waals surface area contributed by atoms with Gasteiger partial charge in [-0.25, -0.2) is 0 Å². The van der Waals surface area contributed by atoms with Gasteiger partial charge in [-0.2, -0.15) is 0 Å². The number of ether oxygens (including phenoxy) is 1. The topological polar surface area (TPSA) is 66.8 Å². The fraction of sp³-hybridized carbons (Fsp3) is 0.421. The molecule has 1 saturated heterocycles. The van der Waals surface area contributed by atoms with E-state index in [-0.39, 0.29) is 24.9 Å². The Hall–Kier alpha value is -1.91. The summed E-state index contributed by atoms with van der Waals surface area (Å²) in [5.41, 5.74) is -0.810. The molecule has 1 aliphatic heterocycles. The van der Waals surface area contributed by atoms with Crippen LogP contribution in [-0.4, -0.2) is 35.0 Å². The lowest BCUT2D eigenvalue weighted by Gasteiger charge is -2.26. The highest BCUT2D eigenvalue weighted by atomic mass is 16.5. The second-order valence-corrected chi connectivity index (χ2v) is 7.07. The molecular formula is C19H20O4. The summed E-state index contributed by atoms with van der Waals surface area (Å²) in [6, 6.07) is 14.3. The van der Waals surface area contributed by atoms with Crippen molar-refractivity contribution in [3.8, 4) is 0 Å². The molecule has 4 nitrogen and oxygen atoms in total. The van der Waals surface area contributed by atoms with E-state index in [1.807, 2.05) is 18.2 Å². The van der Waals surface area contributed by atoms with E-state index in [1.54, 1.807) is 0 Å². The summed E-state index contributed by atoms with van der Waals surface area (Å²) < 4.78 is 5.29. The molecule has 0 amide bonds. The average molecular weight is 312 g/mol. The Kier molecular flexibility index (Phi) is 3.22. The molecule has 1 saturated carbocycles. The lowest BCUT2D eigenvalue weighted by Crippen LogP contribution is -2.36. The molecule has 4 rings (SSSR count). The Morgan fingerprint density at radius 1 is 1.17 bits per heavy atom. The maximum Gasteiger partial charge on any atom is 0.312 e. The molecule has 4 heteroatoms. The van der Waals surface area contributed by atoms with Crippen molar-refractivity contribution in [2.24, 2.45) is 11.3 Å². The molecule has 120 valence electrons. The van der Waals surface area contributed by atoms with Crippen LogP contribution in [0.25, 0.3) is 10.8 Å². The third kappa shape index (κ3) is 2.25. The summed E-state index contributed by atoms with van der Waals surface area (Å²) in [4.78, 5) is 12.4. The highest BCUT2D eigenvalue weighted by Gasteiger charge is 2.62. The second-order valence-electron chi connectivity index (χ2n) is 7.07. The highest BCUT2D eigenvalue weighted by molar-refractivity contribution is 5.84. The Balaban J connectivity index is 1.71. The minimum Gasteiger partial charge on any atom is -0.465 e. The van der Waals surface area contributed by atoms with Gasteiger partial charge in [0.2, 0.25) is 0 Å². The molecular weight excluding hydrogens is 292 g/mol. The van der Waals surface area contributed by atoms with E-state index < -0.39 is 11.0 Å². The van der Waals surface area contributed by atoms with E-state index in [1.165, 1.54) is 0 Å². The van der Waals surface area contributed by atoms with E-state index >= 15 is 0 Å². The fourth-order valence-corrected chi connectivity index (χ4v) is 4.35. The molecule has 23 heavy (non-hydrogen) atoms. The molecule has 0 unspecified atom stereocenters. The molecule has 0 spiro atoms. The van der Waals surface area contributed by atoms with Crippen LogP contribution in [0, 0.1) is 11.3 Å². The number of carbonyl (C=O) groups is 1. The van der Waals surface area contributed by atoms with Crippen molar-refractivity contribution in [1.29, 1.82) is 0 Å². The monoisotopic (exact) mass is 312 g/mol. The number of fused-ring (bicyclic) bond motifs is 2. The van der Waals surface area contributed by atoms with Crippen molar-refractivity contribution in [3.63, 3.8) is 0 Å². The van der Waals surface area contributed by atoms with Crippen LogP contribution in [0.2, 0.25) is 0 Å². The van der Waals surface area contributed by atoms with Crippen molar-refractivity contribution in [2.75, 3.05) is 13.2 Å². The van der Waals surface area contributed by atoms with Crippen molar-refractivity contribution in [2.45, 2.75) is 24.9 Å². The predicted molar refractivity (Wildman–Crippen MR) is 85.8 cm³/mol. The summed E-state index contributed by atoms with van der Waals surface area (Å²) in [6.45, 7) is 0.0327. The summed E-state index contributed by atoms with van der Waals surface area (Å²) in [5.74, 6) is -0.265. The number of aliphatic hydroxyl groups excluding tert-OH is 1. The summed E-state index contributed by atoms with van der Waals surface area (Å²) in [7, 11) is 0. The van der Waals surface area contributed by atoms with Gasteiger partial charge in [-0.1, -0.05) is 42.5 Å². The van der Waals surface area contributed by atoms with Gasteiger partial charge in [0.05, 0.1) is 24.2 Å². The number of hydrogen-bond acceptors (Lipinski definition) is 4. The Morgan fingerprint density at radius 2 is 1.96 bits per heavy atom. The van der Waals surface area contributed by atoms with Crippen molar-refractivity contribution in [3.05, 3.63) is 48.0 Å². The summed E-state index contributed by atoms with van der Waals surface area (Å²) in [5, 5.41) is 22.3. The van der Waals surface area contributed by atoms with Gasteiger partial charge < -0.3 is 14.9 Å². The van der Waals surface area contributed by atoms with Crippen LogP contribution in [0.5, 0.6) is 0 Å². The quantitative estimate of drug-likeness (QED) is 0.851. The van der Waals surface area contributed by atoms with E-state index in [2.05, 4.69) is 24.3 Å². The molecule has 2 aromatic rings. The largest absolute Gasteiger partial charge is 0.465 e. The van der Waals surface area contributed by atoms with Crippen LogP contribution in [0.4, 0.5) is 0 Å². The van der Waals surface area contributed by atoms with Crippen LogP contribution < -0.4 is 0 Å². The standard InChI is InChI=1S/C19H20O4/c20-12-18(22)9-16-10-23-17(21)19(16,11-18)8-13-5-6-14-3-1-2-4-15(14)7-13/h1-7,16,20,22H,8-12H2/t16-,18+,19+/m1/s1. The lowest BCUT2D eigenvalue weighted by atomic mass is 9.74. The molecule has 0 bridgehead atoms.